The molecule has 0 saturated carbocycles. The molecule has 0 unspecified atom stereocenters. The van der Waals surface area contributed by atoms with Crippen molar-refractivity contribution in [2.75, 3.05) is 18.2 Å². The number of carbonyl (C=O) groups excluding carboxylic acids is 1. The minimum Gasteiger partial charge on any atom is -0.497 e. The van der Waals surface area contributed by atoms with Crippen LogP contribution in [0.15, 0.2) is 84.0 Å². The highest BCUT2D eigenvalue weighted by Gasteiger charge is 2.20. The number of hydrogen-bond acceptors (Lipinski definition) is 9. The number of amides is 1. The van der Waals surface area contributed by atoms with Gasteiger partial charge in [-0.25, -0.2) is 19.6 Å². The Balaban J connectivity index is 1.29. The molecule has 0 radical (unpaired) electrons. The van der Waals surface area contributed by atoms with Gasteiger partial charge in [0.1, 0.15) is 29.2 Å². The summed E-state index contributed by atoms with van der Waals surface area (Å²) in [6, 6.07) is 19.9. The number of rotatable bonds is 8. The number of nitrogen functional groups attached to an aromatic ring is 1. The normalized spacial score (nSPS) is 11.2. The minimum atomic E-state index is -0.561. The molecule has 3 N–H and O–H groups in total. The fourth-order valence-electron chi connectivity index (χ4n) is 4.86. The van der Waals surface area contributed by atoms with Gasteiger partial charge in [-0.3, -0.25) is 9.59 Å². The third-order valence-electron chi connectivity index (χ3n) is 7.35. The number of hydrogen-bond donors (Lipinski definition) is 2. The average molecular weight is 602 g/mol. The number of aromatic nitrogens is 7. The monoisotopic (exact) mass is 601 g/mol. The summed E-state index contributed by atoms with van der Waals surface area (Å²) in [4.78, 5) is 39.8. The first-order chi connectivity index (χ1) is 21.7. The molecule has 2 aromatic carbocycles. The van der Waals surface area contributed by atoms with Crippen LogP contribution < -0.4 is 21.3 Å². The Morgan fingerprint density at radius 3 is 2.40 bits per heavy atom. The van der Waals surface area contributed by atoms with Crippen molar-refractivity contribution in [3.8, 4) is 22.8 Å². The van der Waals surface area contributed by atoms with E-state index in [1.807, 2.05) is 63.2 Å². The summed E-state index contributed by atoms with van der Waals surface area (Å²) in [5.41, 5.74) is 10.7. The van der Waals surface area contributed by atoms with Crippen molar-refractivity contribution in [2.45, 2.75) is 33.2 Å². The standard InChI is InChI=1S/C33H31N9O3/c1-19(2)26-15-25(33(44)42(39-26)27-14-5-20(3)16-35-27)32(43)38-23-10-8-22(9-11-23)29-28-30(34)36-18-37-31(28)41(40-29)17-21-6-12-24(45-4)13-7-21/h5-16,18-19H,17H2,1-4H3,(H,38,43)(H2,34,36,37). The first-order valence-electron chi connectivity index (χ1n) is 14.3. The van der Waals surface area contributed by atoms with Crippen LogP contribution in [0.5, 0.6) is 5.75 Å². The first-order valence-corrected chi connectivity index (χ1v) is 14.3. The molecule has 0 spiro atoms. The largest absolute Gasteiger partial charge is 0.497 e. The summed E-state index contributed by atoms with van der Waals surface area (Å²) in [5.74, 6) is 0.843. The summed E-state index contributed by atoms with van der Waals surface area (Å²) >= 11 is 0. The lowest BCUT2D eigenvalue weighted by atomic mass is 10.1. The van der Waals surface area contributed by atoms with Crippen LogP contribution in [0.1, 0.15) is 46.9 Å². The fraction of sp³-hybridized carbons (Fsp3) is 0.182. The van der Waals surface area contributed by atoms with Crippen molar-refractivity contribution in [3.05, 3.63) is 112 Å². The molecule has 0 atom stereocenters. The number of nitrogens with one attached hydrogen (secondary N) is 1. The van der Waals surface area contributed by atoms with E-state index >= 15 is 0 Å². The number of nitrogens with two attached hydrogens (primary N) is 1. The lowest BCUT2D eigenvalue weighted by Gasteiger charge is -2.12. The number of anilines is 2. The minimum absolute atomic E-state index is 0.0242. The lowest BCUT2D eigenvalue weighted by molar-refractivity contribution is 0.102. The maximum atomic E-state index is 13.4. The Bertz CT molecular complexity index is 2070. The van der Waals surface area contributed by atoms with Crippen LogP contribution in [0.4, 0.5) is 11.5 Å². The number of carbonyl (C=O) groups is 1. The third-order valence-corrected chi connectivity index (χ3v) is 7.35. The number of ether oxygens (including phenoxy) is 1. The van der Waals surface area contributed by atoms with E-state index in [1.165, 1.54) is 17.1 Å². The second-order valence-corrected chi connectivity index (χ2v) is 10.9. The molecule has 6 aromatic rings. The van der Waals surface area contributed by atoms with E-state index in [4.69, 9.17) is 15.6 Å². The summed E-state index contributed by atoms with van der Waals surface area (Å²) in [5, 5.41) is 12.8. The van der Waals surface area contributed by atoms with Crippen molar-refractivity contribution in [3.63, 3.8) is 0 Å². The first kappa shape index (κ1) is 29.2. The average Bonchev–Trinajstić information content (AvgIpc) is 3.41. The van der Waals surface area contributed by atoms with Crippen molar-refractivity contribution >= 4 is 28.4 Å². The lowest BCUT2D eigenvalue weighted by Crippen LogP contribution is -2.31. The van der Waals surface area contributed by atoms with Gasteiger partial charge in [0.05, 0.1) is 24.7 Å². The van der Waals surface area contributed by atoms with E-state index in [-0.39, 0.29) is 11.5 Å². The summed E-state index contributed by atoms with van der Waals surface area (Å²) in [6.07, 6.45) is 3.07. The van der Waals surface area contributed by atoms with Crippen molar-refractivity contribution in [2.24, 2.45) is 0 Å². The van der Waals surface area contributed by atoms with E-state index in [9.17, 15) is 9.59 Å². The Morgan fingerprint density at radius 1 is 0.978 bits per heavy atom. The van der Waals surface area contributed by atoms with E-state index < -0.39 is 11.5 Å². The summed E-state index contributed by atoms with van der Waals surface area (Å²) < 4.78 is 8.22. The topological polar surface area (TPSA) is 156 Å². The maximum absolute atomic E-state index is 13.4. The van der Waals surface area contributed by atoms with Crippen LogP contribution in [0.25, 0.3) is 28.1 Å². The number of nitrogens with zero attached hydrogens (tertiary/aromatic N) is 7. The van der Waals surface area contributed by atoms with Gasteiger partial charge in [0, 0.05) is 17.4 Å². The van der Waals surface area contributed by atoms with Crippen LogP contribution in [-0.4, -0.2) is 47.5 Å². The predicted octanol–water partition coefficient (Wildman–Crippen LogP) is 4.76. The number of methoxy groups -OCH3 is 1. The highest BCUT2D eigenvalue weighted by Crippen LogP contribution is 2.31. The number of fused-ring (bicyclic) bond motifs is 1. The Hall–Kier alpha value is -5.91. The molecule has 0 aliphatic heterocycles. The van der Waals surface area contributed by atoms with Crippen LogP contribution in [-0.2, 0) is 6.54 Å². The second kappa shape index (κ2) is 12.0. The molecular formula is C33H31N9O3. The number of benzene rings is 2. The van der Waals surface area contributed by atoms with E-state index in [0.29, 0.717) is 46.3 Å². The Kier molecular flexibility index (Phi) is 7.78. The SMILES string of the molecule is COc1ccc(Cn2nc(-c3ccc(NC(=O)c4cc(C(C)C)nn(-c5ccc(C)cn5)c4=O)cc3)c3c(N)ncnc32)cc1. The highest BCUT2D eigenvalue weighted by atomic mass is 16.5. The van der Waals surface area contributed by atoms with E-state index in [2.05, 4.69) is 25.4 Å². The summed E-state index contributed by atoms with van der Waals surface area (Å²) in [7, 11) is 1.63. The summed E-state index contributed by atoms with van der Waals surface area (Å²) in [6.45, 7) is 6.26. The Labute approximate surface area is 258 Å². The van der Waals surface area contributed by atoms with Gasteiger partial charge >= 0.3 is 0 Å². The molecule has 226 valence electrons. The molecule has 0 aliphatic rings. The number of aryl methyl sites for hydroxylation is 1. The molecule has 4 aromatic heterocycles. The van der Waals surface area contributed by atoms with Crippen LogP contribution in [0, 0.1) is 6.92 Å². The zero-order chi connectivity index (χ0) is 31.7. The Morgan fingerprint density at radius 2 is 1.73 bits per heavy atom. The number of pyridine rings is 1. The molecule has 1 amide bonds. The predicted molar refractivity (Wildman–Crippen MR) is 172 cm³/mol. The van der Waals surface area contributed by atoms with Gasteiger partial charge in [-0.15, -0.1) is 0 Å². The van der Waals surface area contributed by atoms with Crippen LogP contribution in [0.3, 0.4) is 0 Å². The maximum Gasteiger partial charge on any atom is 0.285 e. The van der Waals surface area contributed by atoms with Gasteiger partial charge in [0.2, 0.25) is 0 Å². The third kappa shape index (κ3) is 5.85. The van der Waals surface area contributed by atoms with Crippen molar-refractivity contribution in [1.29, 1.82) is 0 Å². The molecule has 0 bridgehead atoms. The molecule has 4 heterocycles. The van der Waals surface area contributed by atoms with E-state index in [0.717, 1.165) is 22.4 Å². The molecule has 12 nitrogen and oxygen atoms in total. The highest BCUT2D eigenvalue weighted by molar-refractivity contribution is 6.04. The quantitative estimate of drug-likeness (QED) is 0.251. The molecular weight excluding hydrogens is 570 g/mol. The van der Waals surface area contributed by atoms with Crippen LogP contribution in [0.2, 0.25) is 0 Å². The van der Waals surface area contributed by atoms with Gasteiger partial charge < -0.3 is 15.8 Å². The molecule has 6 rings (SSSR count). The van der Waals surface area contributed by atoms with Gasteiger partial charge in [0.15, 0.2) is 11.5 Å². The fourth-order valence-corrected chi connectivity index (χ4v) is 4.86. The zero-order valence-corrected chi connectivity index (χ0v) is 25.2. The van der Waals surface area contributed by atoms with E-state index in [1.54, 1.807) is 36.2 Å². The van der Waals surface area contributed by atoms with Crippen molar-refractivity contribution < 1.29 is 9.53 Å². The molecule has 45 heavy (non-hydrogen) atoms. The smallest absolute Gasteiger partial charge is 0.285 e. The zero-order valence-electron chi connectivity index (χ0n) is 25.2. The van der Waals surface area contributed by atoms with Gasteiger partial charge in [0.25, 0.3) is 11.5 Å². The molecule has 12 heteroatoms. The second-order valence-electron chi connectivity index (χ2n) is 10.9. The van der Waals surface area contributed by atoms with Gasteiger partial charge in [-0.1, -0.05) is 44.2 Å². The van der Waals surface area contributed by atoms with Gasteiger partial charge in [-0.05, 0) is 60.4 Å². The van der Waals surface area contributed by atoms with Gasteiger partial charge in [-0.2, -0.15) is 14.9 Å². The molecule has 0 aliphatic carbocycles. The van der Waals surface area contributed by atoms with Crippen molar-refractivity contribution in [1.82, 2.24) is 34.5 Å². The molecule has 0 fully saturated rings. The molecule has 0 saturated heterocycles. The van der Waals surface area contributed by atoms with Crippen LogP contribution >= 0.6 is 0 Å².